The first-order chi connectivity index (χ1) is 25.1. The normalized spacial score (nSPS) is 37.8. The molecule has 6 rings (SSSR count). The van der Waals surface area contributed by atoms with Crippen LogP contribution in [0.5, 0.6) is 23.0 Å². The lowest BCUT2D eigenvalue weighted by molar-refractivity contribution is -0.362. The van der Waals surface area contributed by atoms with Crippen molar-refractivity contribution in [2.45, 2.75) is 99.0 Å². The molecule has 2 aromatic carbocycles. The quantitative estimate of drug-likeness (QED) is 0.100. The van der Waals surface area contributed by atoms with E-state index in [4.69, 9.17) is 32.8 Å². The predicted octanol–water partition coefficient (Wildman–Crippen LogP) is -3.57. The van der Waals surface area contributed by atoms with E-state index in [1.54, 1.807) is 0 Å². The molecule has 1 aromatic heterocycles. The van der Waals surface area contributed by atoms with Gasteiger partial charge in [-0.3, -0.25) is 4.79 Å². The molecule has 292 valence electrons. The van der Waals surface area contributed by atoms with E-state index in [1.165, 1.54) is 31.2 Å². The highest BCUT2D eigenvalue weighted by Crippen LogP contribution is 2.38. The summed E-state index contributed by atoms with van der Waals surface area (Å²) >= 11 is 0. The summed E-state index contributed by atoms with van der Waals surface area (Å²) in [6.45, 7) is -0.0544. The lowest BCUT2D eigenvalue weighted by Crippen LogP contribution is -2.65. The summed E-state index contributed by atoms with van der Waals surface area (Å²) in [7, 11) is 0. The third kappa shape index (κ3) is 7.52. The van der Waals surface area contributed by atoms with Crippen molar-refractivity contribution >= 4 is 11.0 Å². The molecule has 0 unspecified atom stereocenters. The Kier molecular flexibility index (Phi) is 11.5. The Balaban J connectivity index is 1.32. The highest BCUT2D eigenvalue weighted by Gasteiger charge is 2.52. The monoisotopic (exact) mass is 756 g/mol. The van der Waals surface area contributed by atoms with Crippen molar-refractivity contribution < 1.29 is 94.1 Å². The molecule has 3 aromatic rings. The topological polar surface area (TPSA) is 328 Å². The minimum Gasteiger partial charge on any atom is -0.508 e. The van der Waals surface area contributed by atoms with Gasteiger partial charge in [-0.05, 0) is 31.2 Å². The van der Waals surface area contributed by atoms with Crippen LogP contribution in [0.25, 0.3) is 22.3 Å². The average molecular weight is 757 g/mol. The number of hydrogen-bond donors (Lipinski definition) is 12. The summed E-state index contributed by atoms with van der Waals surface area (Å²) in [6.07, 6.45) is -25.3. The summed E-state index contributed by atoms with van der Waals surface area (Å²) in [5.41, 5.74) is -1.16. The van der Waals surface area contributed by atoms with Crippen molar-refractivity contribution in [1.29, 1.82) is 0 Å². The maximum absolute atomic E-state index is 13.1. The summed E-state index contributed by atoms with van der Waals surface area (Å²) in [6, 6.07) is 7.30. The van der Waals surface area contributed by atoms with Gasteiger partial charge in [0, 0.05) is 17.7 Å². The van der Waals surface area contributed by atoms with Crippen LogP contribution in [0, 0.1) is 0 Å². The maximum atomic E-state index is 13.1. The summed E-state index contributed by atoms with van der Waals surface area (Å²) in [5.74, 6) is -2.33. The van der Waals surface area contributed by atoms with E-state index in [0.717, 1.165) is 12.1 Å². The van der Waals surface area contributed by atoms with Crippen molar-refractivity contribution in [3.05, 3.63) is 46.6 Å². The van der Waals surface area contributed by atoms with Gasteiger partial charge in [0.15, 0.2) is 24.4 Å². The zero-order valence-electron chi connectivity index (χ0n) is 27.7. The molecule has 3 aliphatic heterocycles. The molecule has 0 bridgehead atoms. The van der Waals surface area contributed by atoms with Gasteiger partial charge in [0.25, 0.3) is 0 Å². The van der Waals surface area contributed by atoms with Gasteiger partial charge in [-0.25, -0.2) is 0 Å². The van der Waals surface area contributed by atoms with Gasteiger partial charge >= 0.3 is 0 Å². The molecule has 3 aliphatic rings. The second-order valence-corrected chi connectivity index (χ2v) is 12.9. The van der Waals surface area contributed by atoms with Gasteiger partial charge in [0.2, 0.25) is 17.5 Å². The van der Waals surface area contributed by atoms with Crippen LogP contribution in [0.2, 0.25) is 0 Å². The molecule has 15 atom stereocenters. The number of aliphatic hydroxyl groups excluding tert-OH is 9. The first-order valence-electron chi connectivity index (χ1n) is 16.4. The average Bonchev–Trinajstić information content (AvgIpc) is 3.13. The van der Waals surface area contributed by atoms with Crippen LogP contribution in [0.4, 0.5) is 0 Å². The number of phenols is 2. The standard InChI is InChI=1S/C33H40O20/c1-10-19(37)23(41)27(45)31(48-10)47-9-17-21(39)25(43)30(53-32-28(46)24(42)20(38)16(8-34)51-32)33(52-17)49-13-6-14(36)18-15(7-13)50-29(26(44)22(18)40)11-2-4-12(35)5-3-11/h2-7,10,16-17,19-21,23-25,27-28,30-39,41-46H,8-9H2,1H3/t10-,16-,17-,19-,20-,21-,23+,24+,25+,27+,28-,30-,31+,32+,33-/m1/s1. The Hall–Kier alpha value is -3.71. The highest BCUT2D eigenvalue weighted by molar-refractivity contribution is 5.88. The number of benzene rings is 2. The fourth-order valence-electron chi connectivity index (χ4n) is 6.23. The van der Waals surface area contributed by atoms with Crippen LogP contribution in [0.3, 0.4) is 0 Å². The zero-order chi connectivity index (χ0) is 38.5. The minimum absolute atomic E-state index is 0.109. The van der Waals surface area contributed by atoms with Crippen LogP contribution in [0.15, 0.2) is 45.6 Å². The second-order valence-electron chi connectivity index (χ2n) is 12.9. The van der Waals surface area contributed by atoms with Crippen LogP contribution in [-0.2, 0) is 23.7 Å². The molecular formula is C33H40O20. The van der Waals surface area contributed by atoms with Crippen molar-refractivity contribution in [1.82, 2.24) is 0 Å². The Labute approximate surface area is 298 Å². The molecule has 0 saturated carbocycles. The molecule has 3 saturated heterocycles. The third-order valence-electron chi connectivity index (χ3n) is 9.32. The molecular weight excluding hydrogens is 716 g/mol. The number of ether oxygens (including phenoxy) is 6. The Morgan fingerprint density at radius 3 is 2.00 bits per heavy atom. The van der Waals surface area contributed by atoms with Gasteiger partial charge < -0.3 is 94.1 Å². The molecule has 0 radical (unpaired) electrons. The summed E-state index contributed by atoms with van der Waals surface area (Å²) in [4.78, 5) is 13.1. The number of aliphatic hydroxyl groups is 9. The van der Waals surface area contributed by atoms with E-state index in [9.17, 15) is 66.1 Å². The Morgan fingerprint density at radius 1 is 0.698 bits per heavy atom. The van der Waals surface area contributed by atoms with Gasteiger partial charge in [0.05, 0.1) is 19.3 Å². The molecule has 53 heavy (non-hydrogen) atoms. The molecule has 20 nitrogen and oxygen atoms in total. The van der Waals surface area contributed by atoms with E-state index in [0.29, 0.717) is 0 Å². The van der Waals surface area contributed by atoms with Crippen LogP contribution < -0.4 is 10.2 Å². The van der Waals surface area contributed by atoms with Gasteiger partial charge in [-0.1, -0.05) is 0 Å². The van der Waals surface area contributed by atoms with E-state index in [1.807, 2.05) is 0 Å². The number of fused-ring (bicyclic) bond motifs is 1. The lowest BCUT2D eigenvalue weighted by atomic mass is 9.97. The summed E-state index contributed by atoms with van der Waals surface area (Å²) in [5, 5.41) is 124. The third-order valence-corrected chi connectivity index (χ3v) is 9.32. The smallest absolute Gasteiger partial charge is 0.238 e. The van der Waals surface area contributed by atoms with Crippen molar-refractivity contribution in [2.24, 2.45) is 0 Å². The van der Waals surface area contributed by atoms with Crippen molar-refractivity contribution in [3.63, 3.8) is 0 Å². The van der Waals surface area contributed by atoms with Gasteiger partial charge in [0.1, 0.15) is 89.3 Å². The molecule has 12 N–H and O–H groups in total. The fourth-order valence-corrected chi connectivity index (χ4v) is 6.23. The van der Waals surface area contributed by atoms with Crippen LogP contribution in [-0.4, -0.2) is 167 Å². The SMILES string of the molecule is C[C@H]1O[C@H](OC[C@H]2O[C@@H](Oc3cc(O)c4c(=O)c(O)c(-c5ccc(O)cc5)oc4c3)[C@H](O[C@@H]3O[C@H](CO)[C@@H](O)[C@H](O)[C@H]3O)[C@@H](O)[C@@H]2O)[C@@H](O)[C@@H](O)[C@@H]1O. The number of aromatic hydroxyl groups is 3. The van der Waals surface area contributed by atoms with Gasteiger partial charge in [-0.15, -0.1) is 0 Å². The Bertz CT molecular complexity index is 1780. The molecule has 4 heterocycles. The Morgan fingerprint density at radius 2 is 1.32 bits per heavy atom. The fraction of sp³-hybridized carbons (Fsp3) is 0.545. The minimum atomic E-state index is -1.98. The first kappa shape index (κ1) is 39.0. The van der Waals surface area contributed by atoms with E-state index in [-0.39, 0.29) is 28.4 Å². The number of rotatable bonds is 9. The highest BCUT2D eigenvalue weighted by atomic mass is 16.8. The number of phenolic OH excluding ortho intramolecular Hbond substituents is 2. The molecule has 0 spiro atoms. The van der Waals surface area contributed by atoms with Crippen molar-refractivity contribution in [2.75, 3.05) is 13.2 Å². The molecule has 0 amide bonds. The van der Waals surface area contributed by atoms with E-state index >= 15 is 0 Å². The van der Waals surface area contributed by atoms with Crippen molar-refractivity contribution in [3.8, 4) is 34.3 Å². The molecule has 3 fully saturated rings. The number of hydrogen-bond acceptors (Lipinski definition) is 20. The second kappa shape index (κ2) is 15.6. The van der Waals surface area contributed by atoms with E-state index in [2.05, 4.69) is 0 Å². The van der Waals surface area contributed by atoms with E-state index < -0.39 is 128 Å². The lowest BCUT2D eigenvalue weighted by Gasteiger charge is -2.46. The maximum Gasteiger partial charge on any atom is 0.238 e. The first-order valence-corrected chi connectivity index (χ1v) is 16.4. The molecule has 20 heteroatoms. The zero-order valence-corrected chi connectivity index (χ0v) is 27.7. The predicted molar refractivity (Wildman–Crippen MR) is 171 cm³/mol. The van der Waals surface area contributed by atoms with Gasteiger partial charge in [-0.2, -0.15) is 0 Å². The van der Waals surface area contributed by atoms with Crippen LogP contribution >= 0.6 is 0 Å². The molecule has 0 aliphatic carbocycles. The van der Waals surface area contributed by atoms with Crippen LogP contribution in [0.1, 0.15) is 6.92 Å². The largest absolute Gasteiger partial charge is 0.508 e. The summed E-state index contributed by atoms with van der Waals surface area (Å²) < 4.78 is 39.7.